The van der Waals surface area contributed by atoms with Crippen LogP contribution in [0.4, 0.5) is 5.82 Å². The van der Waals surface area contributed by atoms with Crippen molar-refractivity contribution in [3.05, 3.63) is 36.3 Å². The van der Waals surface area contributed by atoms with Gasteiger partial charge in [0.25, 0.3) is 0 Å². The minimum Gasteiger partial charge on any atom is -0.386 e. The maximum absolute atomic E-state index is 7.91. The number of hydrogen-bond donors (Lipinski definition) is 3. The van der Waals surface area contributed by atoms with Gasteiger partial charge in [0.05, 0.1) is 5.82 Å². The van der Waals surface area contributed by atoms with Gasteiger partial charge in [-0.25, -0.2) is 4.98 Å². The van der Waals surface area contributed by atoms with Gasteiger partial charge in [0, 0.05) is 30.9 Å². The molecule has 5 nitrogen and oxygen atoms in total. The van der Waals surface area contributed by atoms with Crippen molar-refractivity contribution < 1.29 is 0 Å². The fraction of sp³-hybridized carbons (Fsp3) is 0.385. The average Bonchev–Trinajstić information content (AvgIpc) is 2.39. The lowest BCUT2D eigenvalue weighted by Crippen LogP contribution is -2.36. The number of nitrogens with zero attached hydrogens (tertiary/aromatic N) is 2. The minimum absolute atomic E-state index is 0.215. The number of rotatable bonds is 3. The van der Waals surface area contributed by atoms with Crippen molar-refractivity contribution in [2.45, 2.75) is 12.8 Å². The molecule has 1 aromatic rings. The first-order valence-electron chi connectivity index (χ1n) is 6.14. The molecule has 0 spiro atoms. The lowest BCUT2D eigenvalue weighted by molar-refractivity contribution is 0.499. The van der Waals surface area contributed by atoms with Gasteiger partial charge in [-0.15, -0.1) is 0 Å². The third-order valence-corrected chi connectivity index (χ3v) is 3.23. The van der Waals surface area contributed by atoms with Crippen LogP contribution in [0.1, 0.15) is 12.8 Å². The molecule has 5 N–H and O–H groups in total. The Bertz CT molecular complexity index is 428. The summed E-state index contributed by atoms with van der Waals surface area (Å²) in [4.78, 5) is 6.59. The highest BCUT2D eigenvalue weighted by atomic mass is 15.2. The number of allylic oxidation sites excluding steroid dienone is 1. The van der Waals surface area contributed by atoms with Gasteiger partial charge in [-0.1, -0.05) is 6.07 Å². The van der Waals surface area contributed by atoms with Crippen LogP contribution in [0.5, 0.6) is 0 Å². The summed E-state index contributed by atoms with van der Waals surface area (Å²) < 4.78 is 0. The monoisotopic (exact) mass is 245 g/mol. The predicted molar refractivity (Wildman–Crippen MR) is 73.4 cm³/mol. The molecule has 1 fully saturated rings. The molecule has 0 unspecified atom stereocenters. The van der Waals surface area contributed by atoms with E-state index in [4.69, 9.17) is 16.9 Å². The van der Waals surface area contributed by atoms with Crippen molar-refractivity contribution >= 4 is 11.5 Å². The van der Waals surface area contributed by atoms with Gasteiger partial charge in [0.1, 0.15) is 5.82 Å². The summed E-state index contributed by atoms with van der Waals surface area (Å²) in [6, 6.07) is 5.93. The normalized spacial score (nSPS) is 16.3. The number of hydrogen-bond acceptors (Lipinski definition) is 5. The summed E-state index contributed by atoms with van der Waals surface area (Å²) in [5.74, 6) is 1.48. The number of anilines is 1. The van der Waals surface area contributed by atoms with Crippen molar-refractivity contribution in [2.24, 2.45) is 17.4 Å². The molecule has 0 saturated carbocycles. The van der Waals surface area contributed by atoms with Gasteiger partial charge >= 0.3 is 0 Å². The molecule has 0 aliphatic carbocycles. The van der Waals surface area contributed by atoms with E-state index < -0.39 is 0 Å². The highest BCUT2D eigenvalue weighted by Crippen LogP contribution is 2.22. The zero-order valence-electron chi connectivity index (χ0n) is 10.3. The Balaban J connectivity index is 1.93. The second-order valence-electron chi connectivity index (χ2n) is 4.55. The van der Waals surface area contributed by atoms with Crippen LogP contribution in [-0.4, -0.2) is 23.8 Å². The smallest absolute Gasteiger partial charge is 0.128 e. The molecule has 2 heterocycles. The lowest BCUT2D eigenvalue weighted by atomic mass is 9.91. The summed E-state index contributed by atoms with van der Waals surface area (Å²) in [6.45, 7) is 1.84. The molecule has 1 aliphatic heterocycles. The number of piperidine rings is 1. The van der Waals surface area contributed by atoms with Gasteiger partial charge in [-0.3, -0.25) is 0 Å². The second-order valence-corrected chi connectivity index (χ2v) is 4.55. The number of nitrogens with two attached hydrogens (primary N) is 2. The van der Waals surface area contributed by atoms with Gasteiger partial charge in [-0.2, -0.15) is 0 Å². The molecule has 0 atom stereocenters. The predicted octanol–water partition coefficient (Wildman–Crippen LogP) is 1.08. The maximum Gasteiger partial charge on any atom is 0.128 e. The van der Waals surface area contributed by atoms with E-state index in [2.05, 4.69) is 9.88 Å². The fourth-order valence-corrected chi connectivity index (χ4v) is 2.26. The Kier molecular flexibility index (Phi) is 3.82. The van der Waals surface area contributed by atoms with E-state index in [1.165, 1.54) is 0 Å². The fourth-order valence-electron chi connectivity index (χ4n) is 2.26. The topological polar surface area (TPSA) is 92.0 Å². The van der Waals surface area contributed by atoms with E-state index >= 15 is 0 Å². The zero-order valence-corrected chi connectivity index (χ0v) is 10.3. The molecular weight excluding hydrogens is 226 g/mol. The van der Waals surface area contributed by atoms with Crippen LogP contribution in [0.2, 0.25) is 0 Å². The summed E-state index contributed by atoms with van der Waals surface area (Å²) >= 11 is 0. The van der Waals surface area contributed by atoms with Crippen LogP contribution in [0, 0.1) is 11.3 Å². The van der Waals surface area contributed by atoms with Crippen LogP contribution in [0.3, 0.4) is 0 Å². The molecule has 5 heteroatoms. The Hall–Kier alpha value is -2.04. The molecule has 18 heavy (non-hydrogen) atoms. The summed E-state index contributed by atoms with van der Waals surface area (Å²) in [5.41, 5.74) is 11.3. The lowest BCUT2D eigenvalue weighted by Gasteiger charge is -2.32. The SMILES string of the molecule is N=C(C=C(N)N)C1CCN(c2ccccn2)CC1. The molecule has 0 radical (unpaired) electrons. The average molecular weight is 245 g/mol. The maximum atomic E-state index is 7.91. The van der Waals surface area contributed by atoms with E-state index in [-0.39, 0.29) is 11.7 Å². The van der Waals surface area contributed by atoms with Crippen LogP contribution in [-0.2, 0) is 0 Å². The Morgan fingerprint density at radius 1 is 1.33 bits per heavy atom. The first-order valence-corrected chi connectivity index (χ1v) is 6.14. The largest absolute Gasteiger partial charge is 0.386 e. The Morgan fingerprint density at radius 3 is 2.61 bits per heavy atom. The van der Waals surface area contributed by atoms with Crippen LogP contribution in [0.25, 0.3) is 0 Å². The van der Waals surface area contributed by atoms with Gasteiger partial charge in [-0.05, 0) is 31.1 Å². The third-order valence-electron chi connectivity index (χ3n) is 3.23. The van der Waals surface area contributed by atoms with Gasteiger partial charge < -0.3 is 21.8 Å². The van der Waals surface area contributed by atoms with Crippen molar-refractivity contribution in [1.82, 2.24) is 4.98 Å². The standard InChI is InChI=1S/C13H19N5/c14-11(9-12(15)16)10-4-7-18(8-5-10)13-3-1-2-6-17-13/h1-3,6,9-10,14H,4-5,7-8,15-16H2. The minimum atomic E-state index is 0.215. The van der Waals surface area contributed by atoms with Crippen molar-refractivity contribution in [3.8, 4) is 0 Å². The van der Waals surface area contributed by atoms with Gasteiger partial charge in [0.15, 0.2) is 0 Å². The molecule has 0 amide bonds. The van der Waals surface area contributed by atoms with Crippen LogP contribution < -0.4 is 16.4 Å². The second kappa shape index (κ2) is 5.53. The molecule has 2 rings (SSSR count). The Labute approximate surface area is 107 Å². The molecule has 0 aromatic carbocycles. The van der Waals surface area contributed by atoms with Gasteiger partial charge in [0.2, 0.25) is 0 Å². The van der Waals surface area contributed by atoms with E-state index in [0.29, 0.717) is 5.71 Å². The van der Waals surface area contributed by atoms with E-state index in [1.54, 1.807) is 12.3 Å². The summed E-state index contributed by atoms with van der Waals surface area (Å²) in [5, 5.41) is 7.91. The van der Waals surface area contributed by atoms with E-state index in [0.717, 1.165) is 31.7 Å². The highest BCUT2D eigenvalue weighted by Gasteiger charge is 2.22. The number of nitrogens with one attached hydrogen (secondary N) is 1. The van der Waals surface area contributed by atoms with E-state index in [9.17, 15) is 0 Å². The molecule has 96 valence electrons. The Morgan fingerprint density at radius 2 is 2.06 bits per heavy atom. The molecule has 1 aliphatic rings. The van der Waals surface area contributed by atoms with Crippen LogP contribution >= 0.6 is 0 Å². The highest BCUT2D eigenvalue weighted by molar-refractivity contribution is 5.94. The van der Waals surface area contributed by atoms with Crippen molar-refractivity contribution in [2.75, 3.05) is 18.0 Å². The quantitative estimate of drug-likeness (QED) is 0.695. The van der Waals surface area contributed by atoms with Crippen LogP contribution in [0.15, 0.2) is 36.3 Å². The third kappa shape index (κ3) is 3.00. The van der Waals surface area contributed by atoms with Crippen molar-refractivity contribution in [3.63, 3.8) is 0 Å². The number of aromatic nitrogens is 1. The molecule has 1 saturated heterocycles. The zero-order chi connectivity index (χ0) is 13.0. The van der Waals surface area contributed by atoms with Crippen molar-refractivity contribution in [1.29, 1.82) is 5.41 Å². The summed E-state index contributed by atoms with van der Waals surface area (Å²) in [6.07, 6.45) is 5.25. The molecule has 1 aromatic heterocycles. The first-order chi connectivity index (χ1) is 8.66. The molecule has 0 bridgehead atoms. The van der Waals surface area contributed by atoms with E-state index in [1.807, 2.05) is 18.2 Å². The molecular formula is C13H19N5. The summed E-state index contributed by atoms with van der Waals surface area (Å²) in [7, 11) is 0. The first kappa shape index (κ1) is 12.4. The number of pyridine rings is 1.